The summed E-state index contributed by atoms with van der Waals surface area (Å²) in [6.45, 7) is 3.46. The van der Waals surface area contributed by atoms with E-state index >= 15 is 0 Å². The molecule has 0 bridgehead atoms. The van der Waals surface area contributed by atoms with E-state index in [-0.39, 0.29) is 18.2 Å². The third kappa shape index (κ3) is 4.62. The summed E-state index contributed by atoms with van der Waals surface area (Å²) < 4.78 is 40.4. The zero-order valence-corrected chi connectivity index (χ0v) is 16.6. The van der Waals surface area contributed by atoms with Crippen molar-refractivity contribution in [2.24, 2.45) is 5.92 Å². The molecule has 1 unspecified atom stereocenters. The molecule has 1 aromatic heterocycles. The van der Waals surface area contributed by atoms with E-state index in [9.17, 15) is 18.0 Å². The zero-order valence-electron chi connectivity index (χ0n) is 16.6. The van der Waals surface area contributed by atoms with Gasteiger partial charge in [-0.2, -0.15) is 13.2 Å². The second-order valence-electron chi connectivity index (χ2n) is 7.37. The van der Waals surface area contributed by atoms with E-state index in [0.717, 1.165) is 17.7 Å². The van der Waals surface area contributed by atoms with Crippen LogP contribution in [0.25, 0.3) is 0 Å². The van der Waals surface area contributed by atoms with Crippen molar-refractivity contribution in [3.63, 3.8) is 0 Å². The van der Waals surface area contributed by atoms with Gasteiger partial charge in [0.25, 0.3) is 0 Å². The normalized spacial score (nSPS) is 13.4. The van der Waals surface area contributed by atoms with Gasteiger partial charge in [0, 0.05) is 18.4 Å². The molecule has 1 N–H and O–H groups in total. The van der Waals surface area contributed by atoms with Crippen LogP contribution in [0.15, 0.2) is 66.9 Å². The van der Waals surface area contributed by atoms with Gasteiger partial charge in [0.05, 0.1) is 17.5 Å². The van der Waals surface area contributed by atoms with Crippen molar-refractivity contribution in [3.8, 4) is 0 Å². The molecule has 154 valence electrons. The summed E-state index contributed by atoms with van der Waals surface area (Å²) in [6.07, 6.45) is -2.90. The number of nitrogens with one attached hydrogen (secondary N) is 1. The Labute approximate surface area is 174 Å². The number of amides is 1. The maximum atomic E-state index is 13.5. The Hall–Kier alpha value is -3.33. The number of hydrogen-bond donors (Lipinski definition) is 1. The summed E-state index contributed by atoms with van der Waals surface area (Å²) in [5, 5.41) is 2.99. The number of carbonyl (C=O) groups is 1. The van der Waals surface area contributed by atoms with E-state index in [2.05, 4.69) is 22.4 Å². The number of carbonyl (C=O) groups excluding carboxylic acids is 1. The van der Waals surface area contributed by atoms with Gasteiger partial charge >= 0.3 is 6.18 Å². The Bertz CT molecular complexity index is 988. The van der Waals surface area contributed by atoms with Crippen molar-refractivity contribution in [1.29, 1.82) is 0 Å². The second-order valence-corrected chi connectivity index (χ2v) is 7.37. The monoisotopic (exact) mass is 410 g/mol. The van der Waals surface area contributed by atoms with Gasteiger partial charge in [-0.05, 0) is 23.3 Å². The highest BCUT2D eigenvalue weighted by atomic mass is 19.4. The van der Waals surface area contributed by atoms with Crippen LogP contribution >= 0.6 is 0 Å². The van der Waals surface area contributed by atoms with Gasteiger partial charge in [-0.15, -0.1) is 0 Å². The van der Waals surface area contributed by atoms with Crippen molar-refractivity contribution in [3.05, 3.63) is 101 Å². The molecular weight excluding hydrogens is 389 g/mol. The first-order valence-electron chi connectivity index (χ1n) is 9.50. The molecule has 30 heavy (non-hydrogen) atoms. The van der Waals surface area contributed by atoms with Gasteiger partial charge in [-0.1, -0.05) is 68.4 Å². The molecule has 3 nitrogen and oxygen atoms in total. The highest BCUT2D eigenvalue weighted by Crippen LogP contribution is 2.36. The standard InChI is InChI=1S/C24H21F3N2O/c1-17(2)22(30)29-23(21-13-6-7-14-28-21,16-18-9-4-3-5-10-18)19-11-8-12-20(15-19)24(25,26)27/h3-5,8-15,17H,16H2,1-2H3,(H,29,30). The number of halogens is 3. The predicted octanol–water partition coefficient (Wildman–Crippen LogP) is 4.96. The first-order chi connectivity index (χ1) is 14.2. The van der Waals surface area contributed by atoms with E-state index in [0.29, 0.717) is 11.3 Å². The fraction of sp³-hybridized carbons (Fsp3) is 0.250. The Morgan fingerprint density at radius 2 is 1.73 bits per heavy atom. The van der Waals surface area contributed by atoms with Crippen LogP contribution in [0.1, 0.15) is 36.2 Å². The average Bonchev–Trinajstić information content (AvgIpc) is 2.74. The fourth-order valence-electron chi connectivity index (χ4n) is 3.26. The molecule has 1 heterocycles. The van der Waals surface area contributed by atoms with Crippen molar-refractivity contribution in [1.82, 2.24) is 10.3 Å². The minimum absolute atomic E-state index is 0.221. The lowest BCUT2D eigenvalue weighted by Crippen LogP contribution is -2.50. The molecule has 6 heteroatoms. The van der Waals surface area contributed by atoms with Gasteiger partial charge in [0.1, 0.15) is 5.54 Å². The third-order valence-electron chi connectivity index (χ3n) is 4.85. The average molecular weight is 410 g/mol. The van der Waals surface area contributed by atoms with Crippen LogP contribution in [0, 0.1) is 18.1 Å². The summed E-state index contributed by atoms with van der Waals surface area (Å²) >= 11 is 0. The number of nitrogens with zero attached hydrogens (tertiary/aromatic N) is 1. The first kappa shape index (κ1) is 21.4. The second kappa shape index (κ2) is 8.58. The van der Waals surface area contributed by atoms with Crippen molar-refractivity contribution in [2.45, 2.75) is 32.0 Å². The molecular formula is C24H21F3N2O. The van der Waals surface area contributed by atoms with Crippen LogP contribution in [0.2, 0.25) is 0 Å². The molecule has 2 aromatic carbocycles. The Morgan fingerprint density at radius 3 is 2.33 bits per heavy atom. The van der Waals surface area contributed by atoms with Crippen LogP contribution in [0.4, 0.5) is 13.2 Å². The van der Waals surface area contributed by atoms with E-state index in [4.69, 9.17) is 0 Å². The molecule has 0 saturated heterocycles. The first-order valence-corrected chi connectivity index (χ1v) is 9.50. The summed E-state index contributed by atoms with van der Waals surface area (Å²) in [5.41, 5.74) is -0.577. The number of hydrogen-bond acceptors (Lipinski definition) is 2. The SMILES string of the molecule is CC(C)C(=O)NC(Cc1ccccc1)(c1cccc(C(F)(F)F)c1)c1cc#ccn1. The molecule has 1 atom stereocenters. The van der Waals surface area contributed by atoms with Crippen molar-refractivity contribution >= 4 is 5.91 Å². The number of benzene rings is 2. The van der Waals surface area contributed by atoms with Crippen LogP contribution in [-0.2, 0) is 22.9 Å². The van der Waals surface area contributed by atoms with Crippen LogP contribution in [0.3, 0.4) is 0 Å². The molecule has 0 aliphatic heterocycles. The van der Waals surface area contributed by atoms with E-state index in [1.165, 1.54) is 12.3 Å². The lowest BCUT2D eigenvalue weighted by Gasteiger charge is -2.36. The van der Waals surface area contributed by atoms with Gasteiger partial charge < -0.3 is 5.32 Å². The Balaban J connectivity index is 2.25. The lowest BCUT2D eigenvalue weighted by molar-refractivity contribution is -0.137. The number of aromatic nitrogens is 1. The molecule has 3 rings (SSSR count). The number of rotatable bonds is 6. The summed E-state index contributed by atoms with van der Waals surface area (Å²) in [4.78, 5) is 17.1. The highest BCUT2D eigenvalue weighted by molar-refractivity contribution is 5.79. The molecule has 0 aliphatic carbocycles. The summed E-state index contributed by atoms with van der Waals surface area (Å²) in [5.74, 6) is -0.664. The van der Waals surface area contributed by atoms with Gasteiger partial charge in [0.2, 0.25) is 5.91 Å². The largest absolute Gasteiger partial charge is 0.416 e. The fourth-order valence-corrected chi connectivity index (χ4v) is 3.26. The van der Waals surface area contributed by atoms with Crippen LogP contribution in [-0.4, -0.2) is 10.9 Å². The van der Waals surface area contributed by atoms with E-state index < -0.39 is 17.3 Å². The minimum atomic E-state index is -4.51. The predicted molar refractivity (Wildman–Crippen MR) is 107 cm³/mol. The molecule has 0 fully saturated rings. The highest BCUT2D eigenvalue weighted by Gasteiger charge is 2.40. The molecule has 3 aromatic rings. The topological polar surface area (TPSA) is 42.0 Å². The quantitative estimate of drug-likeness (QED) is 0.624. The van der Waals surface area contributed by atoms with Crippen LogP contribution in [0.5, 0.6) is 0 Å². The molecule has 1 amide bonds. The summed E-state index contributed by atoms with van der Waals surface area (Å²) in [6, 6.07) is 21.3. The van der Waals surface area contributed by atoms with Gasteiger partial charge in [0.15, 0.2) is 0 Å². The van der Waals surface area contributed by atoms with Crippen molar-refractivity contribution < 1.29 is 18.0 Å². The Morgan fingerprint density at radius 1 is 1.03 bits per heavy atom. The van der Waals surface area contributed by atoms with E-state index in [1.807, 2.05) is 30.3 Å². The van der Waals surface area contributed by atoms with E-state index in [1.54, 1.807) is 26.0 Å². The van der Waals surface area contributed by atoms with Crippen molar-refractivity contribution in [2.75, 3.05) is 0 Å². The summed E-state index contributed by atoms with van der Waals surface area (Å²) in [7, 11) is 0. The molecule has 0 spiro atoms. The minimum Gasteiger partial charge on any atom is -0.340 e. The number of alkyl halides is 3. The molecule has 0 saturated carbocycles. The Kier molecular flexibility index (Phi) is 6.12. The molecule has 0 radical (unpaired) electrons. The smallest absolute Gasteiger partial charge is 0.340 e. The lowest BCUT2D eigenvalue weighted by atomic mass is 9.79. The van der Waals surface area contributed by atoms with Gasteiger partial charge in [-0.3, -0.25) is 4.79 Å². The maximum absolute atomic E-state index is 13.5. The maximum Gasteiger partial charge on any atom is 0.416 e. The zero-order chi connectivity index (χ0) is 21.8. The van der Waals surface area contributed by atoms with Gasteiger partial charge in [-0.25, -0.2) is 4.98 Å². The molecule has 0 aliphatic rings. The third-order valence-corrected chi connectivity index (χ3v) is 4.85. The van der Waals surface area contributed by atoms with Crippen LogP contribution < -0.4 is 5.32 Å².